The highest BCUT2D eigenvalue weighted by atomic mass is 32.1. The van der Waals surface area contributed by atoms with Gasteiger partial charge in [0.25, 0.3) is 5.91 Å². The summed E-state index contributed by atoms with van der Waals surface area (Å²) in [7, 11) is 1.64. The van der Waals surface area contributed by atoms with Gasteiger partial charge in [-0.2, -0.15) is 0 Å². The van der Waals surface area contributed by atoms with Crippen molar-refractivity contribution >= 4 is 23.2 Å². The second-order valence-corrected chi connectivity index (χ2v) is 6.79. The average Bonchev–Trinajstić information content (AvgIpc) is 3.24. The summed E-state index contributed by atoms with van der Waals surface area (Å²) in [6, 6.07) is 13.4. The van der Waals surface area contributed by atoms with Crippen LogP contribution in [0.5, 0.6) is 0 Å². The van der Waals surface area contributed by atoms with Crippen molar-refractivity contribution in [2.45, 2.75) is 5.54 Å². The highest BCUT2D eigenvalue weighted by Crippen LogP contribution is 2.43. The Bertz CT molecular complexity index is 954. The number of aliphatic imine (C=N–C) groups is 1. The first-order valence-corrected chi connectivity index (χ1v) is 8.49. The number of carbonyl (C=O) groups is 1. The normalized spacial score (nSPS) is 20.0. The molecule has 25 heavy (non-hydrogen) atoms. The third kappa shape index (κ3) is 2.32. The lowest BCUT2D eigenvalue weighted by Crippen LogP contribution is -2.40. The van der Waals surface area contributed by atoms with Crippen LogP contribution in [0.4, 0.5) is 0 Å². The largest absolute Gasteiger partial charge is 0.369 e. The van der Waals surface area contributed by atoms with Crippen LogP contribution in [-0.4, -0.2) is 33.8 Å². The number of thiophene rings is 1. The lowest BCUT2D eigenvalue weighted by atomic mass is 9.88. The molecule has 1 atom stereocenters. The summed E-state index contributed by atoms with van der Waals surface area (Å²) in [5, 5.41) is 0. The van der Waals surface area contributed by atoms with Gasteiger partial charge in [-0.1, -0.05) is 30.3 Å². The SMILES string of the molecule is CN1C(=O)C(c2ccccc2)(c2ccc(-c3cncnc3)s2)N=C1N. The number of amides is 1. The summed E-state index contributed by atoms with van der Waals surface area (Å²) in [4.78, 5) is 29.0. The summed E-state index contributed by atoms with van der Waals surface area (Å²) in [6.45, 7) is 0. The molecular weight excluding hydrogens is 334 g/mol. The Hall–Kier alpha value is -3.06. The number of aromatic nitrogens is 2. The molecule has 1 unspecified atom stereocenters. The van der Waals surface area contributed by atoms with Gasteiger partial charge in [-0.3, -0.25) is 9.69 Å². The smallest absolute Gasteiger partial charge is 0.267 e. The van der Waals surface area contributed by atoms with Crippen molar-refractivity contribution in [1.29, 1.82) is 0 Å². The van der Waals surface area contributed by atoms with Gasteiger partial charge in [0.15, 0.2) is 5.96 Å². The molecule has 0 radical (unpaired) electrons. The van der Waals surface area contributed by atoms with E-state index in [0.29, 0.717) is 0 Å². The zero-order chi connectivity index (χ0) is 17.4. The molecule has 0 aliphatic carbocycles. The second kappa shape index (κ2) is 5.78. The molecule has 1 amide bonds. The second-order valence-electron chi connectivity index (χ2n) is 5.70. The molecule has 6 nitrogen and oxygen atoms in total. The van der Waals surface area contributed by atoms with E-state index in [1.54, 1.807) is 19.4 Å². The van der Waals surface area contributed by atoms with Gasteiger partial charge in [0.05, 0.1) is 0 Å². The van der Waals surface area contributed by atoms with Gasteiger partial charge >= 0.3 is 0 Å². The molecule has 0 bridgehead atoms. The van der Waals surface area contributed by atoms with E-state index >= 15 is 0 Å². The van der Waals surface area contributed by atoms with E-state index in [1.807, 2.05) is 42.5 Å². The van der Waals surface area contributed by atoms with Gasteiger partial charge in [0, 0.05) is 34.8 Å². The predicted molar refractivity (Wildman–Crippen MR) is 97.0 cm³/mol. The van der Waals surface area contributed by atoms with Gasteiger partial charge in [0.1, 0.15) is 6.33 Å². The Morgan fingerprint density at radius 2 is 1.80 bits per heavy atom. The Morgan fingerprint density at radius 1 is 1.08 bits per heavy atom. The van der Waals surface area contributed by atoms with Crippen LogP contribution < -0.4 is 5.73 Å². The minimum absolute atomic E-state index is 0.158. The molecule has 7 heteroatoms. The number of carbonyl (C=O) groups excluding carboxylic acids is 1. The predicted octanol–water partition coefficient (Wildman–Crippen LogP) is 2.24. The molecular formula is C18H15N5OS. The maximum absolute atomic E-state index is 13.1. The summed E-state index contributed by atoms with van der Waals surface area (Å²) < 4.78 is 0. The maximum atomic E-state index is 13.1. The molecule has 1 aromatic carbocycles. The molecule has 124 valence electrons. The Labute approximate surface area is 148 Å². The van der Waals surface area contributed by atoms with Gasteiger partial charge in [-0.15, -0.1) is 11.3 Å². The fraction of sp³-hybridized carbons (Fsp3) is 0.111. The van der Waals surface area contributed by atoms with Crippen molar-refractivity contribution in [3.05, 3.63) is 71.6 Å². The minimum atomic E-state index is -1.14. The first-order chi connectivity index (χ1) is 12.1. The molecule has 0 saturated heterocycles. The summed E-state index contributed by atoms with van der Waals surface area (Å²) in [5.74, 6) is 0.0563. The van der Waals surface area contributed by atoms with E-state index in [4.69, 9.17) is 5.73 Å². The van der Waals surface area contributed by atoms with E-state index in [2.05, 4.69) is 15.0 Å². The summed E-state index contributed by atoms with van der Waals surface area (Å²) >= 11 is 1.49. The highest BCUT2D eigenvalue weighted by Gasteiger charge is 2.50. The molecule has 2 aromatic heterocycles. The van der Waals surface area contributed by atoms with Crippen LogP contribution in [0.25, 0.3) is 10.4 Å². The molecule has 3 aromatic rings. The van der Waals surface area contributed by atoms with Crippen molar-refractivity contribution < 1.29 is 4.79 Å². The van der Waals surface area contributed by atoms with Crippen LogP contribution in [0.2, 0.25) is 0 Å². The first-order valence-electron chi connectivity index (χ1n) is 7.67. The Kier molecular flexibility index (Phi) is 3.58. The van der Waals surface area contributed by atoms with Gasteiger partial charge in [-0.05, 0) is 17.7 Å². The first kappa shape index (κ1) is 15.5. The lowest BCUT2D eigenvalue weighted by molar-refractivity contribution is -0.129. The topological polar surface area (TPSA) is 84.5 Å². The standard InChI is InChI=1S/C18H15N5OS/c1-23-16(24)18(22-17(23)19,13-5-3-2-4-6-13)15-8-7-14(25-15)12-9-20-11-21-10-12/h2-11H,1H3,(H2,19,22). The number of nitrogens with zero attached hydrogens (tertiary/aromatic N) is 4. The van der Waals surface area contributed by atoms with Crippen LogP contribution >= 0.6 is 11.3 Å². The molecule has 4 rings (SSSR count). The molecule has 0 saturated carbocycles. The molecule has 0 spiro atoms. The van der Waals surface area contributed by atoms with E-state index in [0.717, 1.165) is 20.9 Å². The maximum Gasteiger partial charge on any atom is 0.267 e. The molecule has 0 fully saturated rings. The highest BCUT2D eigenvalue weighted by molar-refractivity contribution is 7.15. The van der Waals surface area contributed by atoms with Gasteiger partial charge in [-0.25, -0.2) is 15.0 Å². The summed E-state index contributed by atoms with van der Waals surface area (Å²) in [6.07, 6.45) is 4.99. The molecule has 3 heterocycles. The van der Waals surface area contributed by atoms with Crippen molar-refractivity contribution in [2.75, 3.05) is 7.05 Å². The Balaban J connectivity index is 1.90. The summed E-state index contributed by atoms with van der Waals surface area (Å²) in [5.41, 5.74) is 6.53. The van der Waals surface area contributed by atoms with E-state index in [9.17, 15) is 4.79 Å². The van der Waals surface area contributed by atoms with Crippen LogP contribution in [0, 0.1) is 0 Å². The third-order valence-electron chi connectivity index (χ3n) is 4.24. The minimum Gasteiger partial charge on any atom is -0.369 e. The van der Waals surface area contributed by atoms with Crippen LogP contribution in [-0.2, 0) is 10.3 Å². The Morgan fingerprint density at radius 3 is 2.44 bits per heavy atom. The van der Waals surface area contributed by atoms with Crippen LogP contribution in [0.1, 0.15) is 10.4 Å². The quantitative estimate of drug-likeness (QED) is 0.786. The van der Waals surface area contributed by atoms with Crippen molar-refractivity contribution in [1.82, 2.24) is 14.9 Å². The zero-order valence-electron chi connectivity index (χ0n) is 13.5. The fourth-order valence-corrected chi connectivity index (χ4v) is 4.06. The van der Waals surface area contributed by atoms with E-state index in [-0.39, 0.29) is 11.9 Å². The van der Waals surface area contributed by atoms with Crippen molar-refractivity contribution in [3.63, 3.8) is 0 Å². The van der Waals surface area contributed by atoms with Crippen LogP contribution in [0.3, 0.4) is 0 Å². The monoisotopic (exact) mass is 349 g/mol. The average molecular weight is 349 g/mol. The zero-order valence-corrected chi connectivity index (χ0v) is 14.3. The number of benzene rings is 1. The number of hydrogen-bond donors (Lipinski definition) is 1. The van der Waals surface area contributed by atoms with E-state index < -0.39 is 5.54 Å². The van der Waals surface area contributed by atoms with E-state index in [1.165, 1.54) is 22.6 Å². The van der Waals surface area contributed by atoms with Gasteiger partial charge in [0.2, 0.25) is 5.54 Å². The number of guanidine groups is 1. The number of rotatable bonds is 3. The van der Waals surface area contributed by atoms with Crippen molar-refractivity contribution in [2.24, 2.45) is 10.7 Å². The molecule has 1 aliphatic heterocycles. The number of hydrogen-bond acceptors (Lipinski definition) is 6. The molecule has 2 N–H and O–H groups in total. The molecule has 1 aliphatic rings. The van der Waals surface area contributed by atoms with Crippen LogP contribution in [0.15, 0.2) is 66.2 Å². The third-order valence-corrected chi connectivity index (χ3v) is 5.48. The van der Waals surface area contributed by atoms with Crippen molar-refractivity contribution in [3.8, 4) is 10.4 Å². The van der Waals surface area contributed by atoms with Gasteiger partial charge < -0.3 is 5.73 Å². The number of nitrogens with two attached hydrogens (primary N) is 1. The lowest BCUT2D eigenvalue weighted by Gasteiger charge is -2.24. The number of likely N-dealkylation sites (N-methyl/N-ethyl adjacent to an activating group) is 1. The fourth-order valence-electron chi connectivity index (χ4n) is 2.93.